The normalized spacial score (nSPS) is 15.5. The van der Waals surface area contributed by atoms with Crippen molar-refractivity contribution in [2.24, 2.45) is 7.05 Å². The van der Waals surface area contributed by atoms with Gasteiger partial charge in [-0.1, -0.05) is 37.3 Å². The van der Waals surface area contributed by atoms with Gasteiger partial charge in [-0.05, 0) is 18.1 Å². The Morgan fingerprint density at radius 2 is 1.83 bits per heavy atom. The molecule has 0 aliphatic carbocycles. The number of nitrogens with zero attached hydrogens (tertiary/aromatic N) is 5. The van der Waals surface area contributed by atoms with Gasteiger partial charge >= 0.3 is 0 Å². The van der Waals surface area contributed by atoms with Gasteiger partial charge in [0.05, 0.1) is 23.1 Å². The van der Waals surface area contributed by atoms with E-state index in [0.717, 1.165) is 17.5 Å². The molecule has 0 N–H and O–H groups in total. The first kappa shape index (κ1) is 19.1. The number of rotatable bonds is 4. The number of piperazine rings is 1. The number of pyridine rings is 1. The standard InChI is InChI=1S/C22H25N5O2/c1-3-17(16-7-5-4-6-8-16)21(28)27-13-11-26(12-14-27)20-22(29)25(2)19-15-23-10-9-18(19)24-20/h4-10,15,17H,3,11-14H2,1-2H3/t17-/m1/s1. The van der Waals surface area contributed by atoms with Gasteiger partial charge in [-0.3, -0.25) is 14.6 Å². The van der Waals surface area contributed by atoms with E-state index in [0.29, 0.717) is 37.5 Å². The maximum atomic E-state index is 13.1. The predicted octanol–water partition coefficient (Wildman–Crippen LogP) is 2.17. The molecule has 4 rings (SSSR count). The van der Waals surface area contributed by atoms with Gasteiger partial charge in [0, 0.05) is 39.4 Å². The largest absolute Gasteiger partial charge is 0.348 e. The Kier molecular flexibility index (Phi) is 5.29. The molecule has 1 aromatic carbocycles. The molecule has 1 saturated heterocycles. The minimum Gasteiger partial charge on any atom is -0.348 e. The lowest BCUT2D eigenvalue weighted by atomic mass is 9.95. The van der Waals surface area contributed by atoms with E-state index < -0.39 is 0 Å². The summed E-state index contributed by atoms with van der Waals surface area (Å²) in [7, 11) is 1.74. The highest BCUT2D eigenvalue weighted by Crippen LogP contribution is 2.23. The van der Waals surface area contributed by atoms with Crippen molar-refractivity contribution in [3.63, 3.8) is 0 Å². The first-order valence-corrected chi connectivity index (χ1v) is 9.99. The zero-order chi connectivity index (χ0) is 20.4. The van der Waals surface area contributed by atoms with Gasteiger partial charge in [-0.25, -0.2) is 4.98 Å². The van der Waals surface area contributed by atoms with Crippen molar-refractivity contribution < 1.29 is 4.79 Å². The molecule has 7 heteroatoms. The molecule has 1 aliphatic heterocycles. The van der Waals surface area contributed by atoms with E-state index >= 15 is 0 Å². The van der Waals surface area contributed by atoms with Crippen molar-refractivity contribution in [3.05, 3.63) is 64.7 Å². The van der Waals surface area contributed by atoms with E-state index in [4.69, 9.17) is 0 Å². The van der Waals surface area contributed by atoms with Gasteiger partial charge in [0.1, 0.15) is 0 Å². The van der Waals surface area contributed by atoms with Crippen LogP contribution in [0.1, 0.15) is 24.8 Å². The van der Waals surface area contributed by atoms with Gasteiger partial charge < -0.3 is 14.4 Å². The second kappa shape index (κ2) is 8.03. The smallest absolute Gasteiger partial charge is 0.293 e. The monoisotopic (exact) mass is 391 g/mol. The van der Waals surface area contributed by atoms with Crippen LogP contribution in [0.25, 0.3) is 11.0 Å². The quantitative estimate of drug-likeness (QED) is 0.682. The average Bonchev–Trinajstić information content (AvgIpc) is 2.77. The first-order valence-electron chi connectivity index (χ1n) is 9.99. The molecule has 1 aliphatic rings. The van der Waals surface area contributed by atoms with E-state index in [9.17, 15) is 9.59 Å². The molecule has 0 unspecified atom stereocenters. The molecular weight excluding hydrogens is 366 g/mol. The number of amides is 1. The van der Waals surface area contributed by atoms with Crippen LogP contribution in [-0.4, -0.2) is 51.5 Å². The Balaban J connectivity index is 1.51. The summed E-state index contributed by atoms with van der Waals surface area (Å²) in [5, 5.41) is 0. The van der Waals surface area contributed by atoms with Crippen molar-refractivity contribution in [2.75, 3.05) is 31.1 Å². The zero-order valence-electron chi connectivity index (χ0n) is 16.8. The van der Waals surface area contributed by atoms with E-state index in [1.165, 1.54) is 0 Å². The van der Waals surface area contributed by atoms with Crippen LogP contribution in [0.15, 0.2) is 53.6 Å². The van der Waals surface area contributed by atoms with Crippen molar-refractivity contribution >= 4 is 22.8 Å². The van der Waals surface area contributed by atoms with Crippen molar-refractivity contribution in [1.29, 1.82) is 0 Å². The maximum Gasteiger partial charge on any atom is 0.293 e. The summed E-state index contributed by atoms with van der Waals surface area (Å²) in [6, 6.07) is 11.7. The second-order valence-electron chi connectivity index (χ2n) is 7.35. The van der Waals surface area contributed by atoms with E-state index in [2.05, 4.69) is 9.97 Å². The van der Waals surface area contributed by atoms with Crippen molar-refractivity contribution in [3.8, 4) is 0 Å². The Labute approximate surface area is 169 Å². The highest BCUT2D eigenvalue weighted by Gasteiger charge is 2.28. The van der Waals surface area contributed by atoms with Gasteiger partial charge in [-0.15, -0.1) is 0 Å². The number of fused-ring (bicyclic) bond motifs is 1. The lowest BCUT2D eigenvalue weighted by Gasteiger charge is -2.36. The molecule has 2 aromatic heterocycles. The fraction of sp³-hybridized carbons (Fsp3) is 0.364. The molecule has 0 bridgehead atoms. The summed E-state index contributed by atoms with van der Waals surface area (Å²) >= 11 is 0. The number of anilines is 1. The van der Waals surface area contributed by atoms with Gasteiger partial charge in [0.15, 0.2) is 5.82 Å². The average molecular weight is 391 g/mol. The SMILES string of the molecule is CC[C@@H](C(=O)N1CCN(c2nc3ccncc3n(C)c2=O)CC1)c1ccccc1. The van der Waals surface area contributed by atoms with E-state index in [1.807, 2.05) is 53.1 Å². The predicted molar refractivity (Wildman–Crippen MR) is 113 cm³/mol. The molecule has 3 aromatic rings. The number of carbonyl (C=O) groups excluding carboxylic acids is 1. The first-order chi connectivity index (χ1) is 14.1. The summed E-state index contributed by atoms with van der Waals surface area (Å²) in [5.74, 6) is 0.471. The fourth-order valence-corrected chi connectivity index (χ4v) is 3.96. The van der Waals surface area contributed by atoms with Gasteiger partial charge in [-0.2, -0.15) is 0 Å². The van der Waals surface area contributed by atoms with Crippen molar-refractivity contribution in [1.82, 2.24) is 19.4 Å². The number of aromatic nitrogens is 3. The Hall–Kier alpha value is -3.22. The fourth-order valence-electron chi connectivity index (χ4n) is 3.96. The molecule has 1 atom stereocenters. The van der Waals surface area contributed by atoms with Crippen molar-refractivity contribution in [2.45, 2.75) is 19.3 Å². The van der Waals surface area contributed by atoms with Crippen LogP contribution in [0.2, 0.25) is 0 Å². The van der Waals surface area contributed by atoms with E-state index in [1.54, 1.807) is 24.0 Å². The van der Waals surface area contributed by atoms with Crippen LogP contribution in [0.4, 0.5) is 5.82 Å². The van der Waals surface area contributed by atoms with Crippen LogP contribution in [0.5, 0.6) is 0 Å². The summed E-state index contributed by atoms with van der Waals surface area (Å²) < 4.78 is 1.59. The molecule has 150 valence electrons. The number of carbonyl (C=O) groups is 1. The summed E-state index contributed by atoms with van der Waals surface area (Å²) in [5.41, 5.74) is 2.37. The Bertz CT molecular complexity index is 1070. The molecule has 29 heavy (non-hydrogen) atoms. The van der Waals surface area contributed by atoms with Crippen LogP contribution in [0.3, 0.4) is 0 Å². The topological polar surface area (TPSA) is 71.3 Å². The molecule has 7 nitrogen and oxygen atoms in total. The highest BCUT2D eigenvalue weighted by atomic mass is 16.2. The highest BCUT2D eigenvalue weighted by molar-refractivity contribution is 5.84. The molecule has 1 fully saturated rings. The van der Waals surface area contributed by atoms with Gasteiger partial charge in [0.2, 0.25) is 5.91 Å². The Morgan fingerprint density at radius 3 is 2.52 bits per heavy atom. The van der Waals surface area contributed by atoms with Crippen LogP contribution < -0.4 is 10.5 Å². The van der Waals surface area contributed by atoms with Crippen LogP contribution in [-0.2, 0) is 11.8 Å². The molecular formula is C22H25N5O2. The van der Waals surface area contributed by atoms with Gasteiger partial charge in [0.25, 0.3) is 5.56 Å². The molecule has 0 saturated carbocycles. The lowest BCUT2D eigenvalue weighted by molar-refractivity contribution is -0.133. The zero-order valence-corrected chi connectivity index (χ0v) is 16.8. The molecule has 1 amide bonds. The van der Waals surface area contributed by atoms with E-state index in [-0.39, 0.29) is 17.4 Å². The third-order valence-electron chi connectivity index (χ3n) is 5.66. The summed E-state index contributed by atoms with van der Waals surface area (Å²) in [6.07, 6.45) is 4.09. The molecule has 3 heterocycles. The molecule has 0 radical (unpaired) electrons. The second-order valence-corrected chi connectivity index (χ2v) is 7.35. The minimum absolute atomic E-state index is 0.123. The van der Waals surface area contributed by atoms with Crippen LogP contribution >= 0.6 is 0 Å². The number of hydrogen-bond donors (Lipinski definition) is 0. The third-order valence-corrected chi connectivity index (χ3v) is 5.66. The number of aryl methyl sites for hydroxylation is 1. The summed E-state index contributed by atoms with van der Waals surface area (Å²) in [4.78, 5) is 38.4. The molecule has 0 spiro atoms. The number of hydrogen-bond acceptors (Lipinski definition) is 5. The lowest BCUT2D eigenvalue weighted by Crippen LogP contribution is -2.51. The Morgan fingerprint density at radius 1 is 1.10 bits per heavy atom. The third kappa shape index (κ3) is 3.60. The number of benzene rings is 1. The maximum absolute atomic E-state index is 13.1. The summed E-state index contributed by atoms with van der Waals surface area (Å²) in [6.45, 7) is 4.40. The minimum atomic E-state index is -0.138. The van der Waals surface area contributed by atoms with Crippen LogP contribution in [0, 0.1) is 0 Å².